The molecule has 1 heterocycles. The van der Waals surface area contributed by atoms with Crippen molar-refractivity contribution in [2.75, 3.05) is 11.6 Å². The van der Waals surface area contributed by atoms with Crippen LogP contribution in [-0.4, -0.2) is 30.8 Å². The maximum atomic E-state index is 12.1. The Balaban J connectivity index is 1.64. The van der Waals surface area contributed by atoms with E-state index in [1.165, 1.54) is 18.9 Å². The molecule has 1 N–H and O–H groups in total. The lowest BCUT2D eigenvalue weighted by Crippen LogP contribution is -2.15. The highest BCUT2D eigenvalue weighted by atomic mass is 32.2. The lowest BCUT2D eigenvalue weighted by molar-refractivity contribution is -0.117. The maximum absolute atomic E-state index is 12.1. The predicted octanol–water partition coefficient (Wildman–Crippen LogP) is 3.07. The highest BCUT2D eigenvalue weighted by Crippen LogP contribution is 2.28. The molecule has 1 fully saturated rings. The number of nitrogens with one attached hydrogen (secondary N) is 1. The number of rotatable bonds is 5. The summed E-state index contributed by atoms with van der Waals surface area (Å²) in [5.41, 5.74) is 2.13. The van der Waals surface area contributed by atoms with Crippen LogP contribution in [0.15, 0.2) is 41.4 Å². The Morgan fingerprint density at radius 2 is 1.76 bits per heavy atom. The molecule has 0 bridgehead atoms. The Hall–Kier alpha value is -2.28. The van der Waals surface area contributed by atoms with Crippen LogP contribution in [0.4, 0.5) is 5.69 Å². The van der Waals surface area contributed by atoms with Crippen molar-refractivity contribution < 1.29 is 13.2 Å². The Morgan fingerprint density at radius 3 is 2.32 bits per heavy atom. The molecule has 0 unspecified atom stereocenters. The van der Waals surface area contributed by atoms with Gasteiger partial charge < -0.3 is 5.32 Å². The van der Waals surface area contributed by atoms with Crippen LogP contribution in [0, 0.1) is 5.92 Å². The first kappa shape index (κ1) is 17.5. The van der Waals surface area contributed by atoms with Gasteiger partial charge in [-0.05, 0) is 43.0 Å². The number of carbonyl (C=O) groups is 1. The van der Waals surface area contributed by atoms with Crippen molar-refractivity contribution in [3.8, 4) is 11.3 Å². The van der Waals surface area contributed by atoms with Crippen LogP contribution >= 0.6 is 0 Å². The summed E-state index contributed by atoms with van der Waals surface area (Å²) in [5, 5.41) is 10.6. The van der Waals surface area contributed by atoms with Crippen LogP contribution in [0.5, 0.6) is 0 Å². The number of aromatic nitrogens is 2. The molecule has 0 atom stereocenters. The monoisotopic (exact) mass is 359 g/mol. The van der Waals surface area contributed by atoms with Gasteiger partial charge in [-0.15, -0.1) is 10.2 Å². The van der Waals surface area contributed by atoms with E-state index in [4.69, 9.17) is 0 Å². The molecule has 1 saturated carbocycles. The van der Waals surface area contributed by atoms with E-state index in [-0.39, 0.29) is 10.9 Å². The zero-order valence-electron chi connectivity index (χ0n) is 14.1. The smallest absolute Gasteiger partial charge is 0.224 e. The summed E-state index contributed by atoms with van der Waals surface area (Å²) < 4.78 is 22.8. The Bertz CT molecular complexity index is 840. The summed E-state index contributed by atoms with van der Waals surface area (Å²) in [6.45, 7) is 0. The van der Waals surface area contributed by atoms with E-state index in [2.05, 4.69) is 15.5 Å². The number of benzene rings is 1. The minimum atomic E-state index is -3.35. The third-order valence-electron chi connectivity index (χ3n) is 4.43. The van der Waals surface area contributed by atoms with Crippen molar-refractivity contribution in [2.24, 2.45) is 5.92 Å². The summed E-state index contributed by atoms with van der Waals surface area (Å²) in [5.74, 6) is 0.569. The fraction of sp³-hybridized carbons (Fsp3) is 0.389. The predicted molar refractivity (Wildman–Crippen MR) is 95.8 cm³/mol. The van der Waals surface area contributed by atoms with E-state index >= 15 is 0 Å². The topological polar surface area (TPSA) is 89.0 Å². The molecule has 25 heavy (non-hydrogen) atoms. The van der Waals surface area contributed by atoms with E-state index in [0.29, 0.717) is 18.0 Å². The highest BCUT2D eigenvalue weighted by Gasteiger charge is 2.18. The molecule has 1 aromatic heterocycles. The Labute approximate surface area is 147 Å². The van der Waals surface area contributed by atoms with Gasteiger partial charge in [-0.3, -0.25) is 4.79 Å². The van der Waals surface area contributed by atoms with Crippen LogP contribution < -0.4 is 5.32 Å². The van der Waals surface area contributed by atoms with Gasteiger partial charge in [-0.1, -0.05) is 25.0 Å². The average Bonchev–Trinajstić information content (AvgIpc) is 3.08. The SMILES string of the molecule is CS(=O)(=O)c1ccc(-c2ccc(NC(=O)CC3CCCC3)cc2)nn1. The number of hydrogen-bond donors (Lipinski definition) is 1. The molecular weight excluding hydrogens is 338 g/mol. The van der Waals surface area contributed by atoms with Crippen molar-refractivity contribution in [1.82, 2.24) is 10.2 Å². The molecule has 3 rings (SSSR count). The number of nitrogens with zero attached hydrogens (tertiary/aromatic N) is 2. The number of carbonyl (C=O) groups excluding carboxylic acids is 1. The van der Waals surface area contributed by atoms with Crippen LogP contribution in [0.3, 0.4) is 0 Å². The zero-order chi connectivity index (χ0) is 17.9. The zero-order valence-corrected chi connectivity index (χ0v) is 14.9. The van der Waals surface area contributed by atoms with Gasteiger partial charge in [0.1, 0.15) is 0 Å². The molecule has 2 aromatic rings. The minimum absolute atomic E-state index is 0.0490. The van der Waals surface area contributed by atoms with Gasteiger partial charge in [-0.25, -0.2) is 8.42 Å². The molecule has 1 aliphatic carbocycles. The minimum Gasteiger partial charge on any atom is -0.326 e. The molecular formula is C18H21N3O3S. The van der Waals surface area contributed by atoms with E-state index in [0.717, 1.165) is 30.3 Å². The highest BCUT2D eigenvalue weighted by molar-refractivity contribution is 7.90. The van der Waals surface area contributed by atoms with Gasteiger partial charge in [0, 0.05) is 23.9 Å². The second-order valence-electron chi connectivity index (χ2n) is 6.51. The fourth-order valence-corrected chi connectivity index (χ4v) is 3.59. The lowest BCUT2D eigenvalue weighted by Gasteiger charge is -2.10. The fourth-order valence-electron chi connectivity index (χ4n) is 3.08. The normalized spacial score (nSPS) is 15.2. The molecule has 0 radical (unpaired) electrons. The number of anilines is 1. The Kier molecular flexibility index (Phi) is 5.13. The maximum Gasteiger partial charge on any atom is 0.224 e. The van der Waals surface area contributed by atoms with Crippen molar-refractivity contribution in [2.45, 2.75) is 37.1 Å². The first-order valence-corrected chi connectivity index (χ1v) is 10.2. The first-order valence-electron chi connectivity index (χ1n) is 8.36. The average molecular weight is 359 g/mol. The molecule has 132 valence electrons. The van der Waals surface area contributed by atoms with Crippen LogP contribution in [0.1, 0.15) is 32.1 Å². The van der Waals surface area contributed by atoms with Gasteiger partial charge in [0.15, 0.2) is 14.9 Å². The van der Waals surface area contributed by atoms with Crippen molar-refractivity contribution in [3.05, 3.63) is 36.4 Å². The largest absolute Gasteiger partial charge is 0.326 e. The van der Waals surface area contributed by atoms with Gasteiger partial charge >= 0.3 is 0 Å². The van der Waals surface area contributed by atoms with Crippen molar-refractivity contribution in [1.29, 1.82) is 0 Å². The summed E-state index contributed by atoms with van der Waals surface area (Å²) in [6.07, 6.45) is 6.43. The summed E-state index contributed by atoms with van der Waals surface area (Å²) >= 11 is 0. The Morgan fingerprint density at radius 1 is 1.08 bits per heavy atom. The third-order valence-corrected chi connectivity index (χ3v) is 5.41. The lowest BCUT2D eigenvalue weighted by atomic mass is 10.0. The number of hydrogen-bond acceptors (Lipinski definition) is 5. The van der Waals surface area contributed by atoms with E-state index < -0.39 is 9.84 Å². The van der Waals surface area contributed by atoms with Gasteiger partial charge in [0.05, 0.1) is 5.69 Å². The van der Waals surface area contributed by atoms with E-state index in [1.807, 2.05) is 24.3 Å². The van der Waals surface area contributed by atoms with Crippen molar-refractivity contribution in [3.63, 3.8) is 0 Å². The van der Waals surface area contributed by atoms with E-state index in [1.54, 1.807) is 6.07 Å². The second kappa shape index (κ2) is 7.31. The van der Waals surface area contributed by atoms with Gasteiger partial charge in [-0.2, -0.15) is 0 Å². The third kappa shape index (κ3) is 4.63. The summed E-state index contributed by atoms with van der Waals surface area (Å²) in [7, 11) is -3.35. The van der Waals surface area contributed by atoms with Crippen LogP contribution in [-0.2, 0) is 14.6 Å². The molecule has 7 heteroatoms. The van der Waals surface area contributed by atoms with Crippen LogP contribution in [0.25, 0.3) is 11.3 Å². The standard InChI is InChI=1S/C18H21N3O3S/c1-25(23,24)18-11-10-16(20-21-18)14-6-8-15(9-7-14)19-17(22)12-13-4-2-3-5-13/h6-11,13H,2-5,12H2,1H3,(H,19,22). The molecule has 0 aliphatic heterocycles. The van der Waals surface area contributed by atoms with E-state index in [9.17, 15) is 13.2 Å². The summed E-state index contributed by atoms with van der Waals surface area (Å²) in [6, 6.07) is 10.3. The molecule has 1 aromatic carbocycles. The quantitative estimate of drug-likeness (QED) is 0.886. The van der Waals surface area contributed by atoms with Gasteiger partial charge in [0.2, 0.25) is 5.91 Å². The first-order chi connectivity index (χ1) is 11.9. The summed E-state index contributed by atoms with van der Waals surface area (Å²) in [4.78, 5) is 12.1. The molecule has 6 nitrogen and oxygen atoms in total. The molecule has 1 aliphatic rings. The molecule has 0 saturated heterocycles. The van der Waals surface area contributed by atoms with Gasteiger partial charge in [0.25, 0.3) is 0 Å². The molecule has 1 amide bonds. The number of sulfone groups is 1. The second-order valence-corrected chi connectivity index (χ2v) is 8.47. The molecule has 0 spiro atoms. The van der Waals surface area contributed by atoms with Crippen LogP contribution in [0.2, 0.25) is 0 Å². The van der Waals surface area contributed by atoms with Crippen molar-refractivity contribution >= 4 is 21.4 Å². The number of amides is 1.